The Morgan fingerprint density at radius 1 is 1.35 bits per heavy atom. The van der Waals surface area contributed by atoms with Gasteiger partial charge in [0, 0.05) is 31.6 Å². The summed E-state index contributed by atoms with van der Waals surface area (Å²) in [6, 6.07) is 1.93. The Balaban J connectivity index is 2.56. The van der Waals surface area contributed by atoms with E-state index >= 15 is 0 Å². The molecule has 2 aromatic heterocycles. The molecule has 6 heteroatoms. The van der Waals surface area contributed by atoms with Crippen molar-refractivity contribution < 1.29 is 4.74 Å². The Hall–Kier alpha value is -1.28. The standard InChI is InChI=1S/C14H17IN4O/c1-4-17-14-12(15)11(8-20-3)18-13(19-14)10-5-6-16-7-9(10)2/h5-7H,4,8H2,1-3H3,(H,17,18,19). The largest absolute Gasteiger partial charge is 0.378 e. The average molecular weight is 384 g/mol. The molecule has 0 aliphatic rings. The van der Waals surface area contributed by atoms with Crippen molar-refractivity contribution >= 4 is 28.4 Å². The molecule has 2 heterocycles. The summed E-state index contributed by atoms with van der Waals surface area (Å²) >= 11 is 2.25. The number of methoxy groups -OCH3 is 1. The molecule has 0 atom stereocenters. The van der Waals surface area contributed by atoms with Crippen LogP contribution in [-0.4, -0.2) is 28.6 Å². The summed E-state index contributed by atoms with van der Waals surface area (Å²) in [7, 11) is 1.67. The topological polar surface area (TPSA) is 59.9 Å². The Bertz CT molecular complexity index is 576. The third kappa shape index (κ3) is 3.24. The maximum absolute atomic E-state index is 5.23. The number of aryl methyl sites for hydroxylation is 1. The minimum Gasteiger partial charge on any atom is -0.378 e. The molecule has 0 spiro atoms. The first-order valence-corrected chi connectivity index (χ1v) is 7.45. The molecule has 0 radical (unpaired) electrons. The minimum atomic E-state index is 0.469. The zero-order valence-electron chi connectivity index (χ0n) is 11.8. The summed E-state index contributed by atoms with van der Waals surface area (Å²) < 4.78 is 6.23. The highest BCUT2D eigenvalue weighted by molar-refractivity contribution is 14.1. The van der Waals surface area contributed by atoms with E-state index in [9.17, 15) is 0 Å². The average Bonchev–Trinajstić information content (AvgIpc) is 2.44. The molecule has 20 heavy (non-hydrogen) atoms. The molecule has 0 saturated heterocycles. The maximum Gasteiger partial charge on any atom is 0.162 e. The van der Waals surface area contributed by atoms with E-state index in [0.717, 1.165) is 32.8 Å². The molecule has 2 aromatic rings. The van der Waals surface area contributed by atoms with Crippen molar-refractivity contribution in [1.82, 2.24) is 15.0 Å². The van der Waals surface area contributed by atoms with Crippen LogP contribution in [0.15, 0.2) is 18.5 Å². The van der Waals surface area contributed by atoms with Crippen molar-refractivity contribution in [3.8, 4) is 11.4 Å². The number of anilines is 1. The molecule has 1 N–H and O–H groups in total. The number of nitrogens with one attached hydrogen (secondary N) is 1. The number of halogens is 1. The van der Waals surface area contributed by atoms with Crippen LogP contribution in [0.3, 0.4) is 0 Å². The molecule has 5 nitrogen and oxygen atoms in total. The van der Waals surface area contributed by atoms with Crippen LogP contribution >= 0.6 is 22.6 Å². The van der Waals surface area contributed by atoms with E-state index in [1.165, 1.54) is 0 Å². The molecule has 0 bridgehead atoms. The van der Waals surface area contributed by atoms with Crippen molar-refractivity contribution in [1.29, 1.82) is 0 Å². The maximum atomic E-state index is 5.23. The molecule has 0 aliphatic carbocycles. The highest BCUT2D eigenvalue weighted by Gasteiger charge is 2.14. The zero-order chi connectivity index (χ0) is 14.5. The van der Waals surface area contributed by atoms with Gasteiger partial charge in [-0.25, -0.2) is 9.97 Å². The van der Waals surface area contributed by atoms with E-state index in [4.69, 9.17) is 4.74 Å². The monoisotopic (exact) mass is 384 g/mol. The molecule has 0 unspecified atom stereocenters. The fourth-order valence-electron chi connectivity index (χ4n) is 1.86. The first-order valence-electron chi connectivity index (χ1n) is 6.37. The third-order valence-electron chi connectivity index (χ3n) is 2.81. The molecule has 0 fully saturated rings. The van der Waals surface area contributed by atoms with E-state index < -0.39 is 0 Å². The SMILES string of the molecule is CCNc1nc(-c2ccncc2C)nc(COC)c1I. The second-order valence-corrected chi connectivity index (χ2v) is 5.39. The molecule has 0 saturated carbocycles. The van der Waals surface area contributed by atoms with Gasteiger partial charge in [-0.3, -0.25) is 4.98 Å². The summed E-state index contributed by atoms with van der Waals surface area (Å²) in [5.74, 6) is 1.55. The second-order valence-electron chi connectivity index (χ2n) is 4.31. The van der Waals surface area contributed by atoms with E-state index in [1.807, 2.05) is 26.1 Å². The number of hydrogen-bond acceptors (Lipinski definition) is 5. The van der Waals surface area contributed by atoms with Gasteiger partial charge in [-0.2, -0.15) is 0 Å². The molecular formula is C14H17IN4O. The lowest BCUT2D eigenvalue weighted by Gasteiger charge is -2.12. The van der Waals surface area contributed by atoms with Crippen molar-refractivity contribution in [2.24, 2.45) is 0 Å². The Kier molecular flexibility index (Phi) is 5.24. The van der Waals surface area contributed by atoms with E-state index in [1.54, 1.807) is 13.3 Å². The molecule has 0 aromatic carbocycles. The number of pyridine rings is 1. The van der Waals surface area contributed by atoms with Crippen LogP contribution in [0.5, 0.6) is 0 Å². The van der Waals surface area contributed by atoms with Crippen LogP contribution < -0.4 is 5.32 Å². The van der Waals surface area contributed by atoms with Crippen molar-refractivity contribution in [3.63, 3.8) is 0 Å². The van der Waals surface area contributed by atoms with Crippen LogP contribution in [0.1, 0.15) is 18.2 Å². The number of nitrogens with zero attached hydrogens (tertiary/aromatic N) is 3. The van der Waals surface area contributed by atoms with E-state index in [-0.39, 0.29) is 0 Å². The normalized spacial score (nSPS) is 10.6. The van der Waals surface area contributed by atoms with Gasteiger partial charge in [-0.15, -0.1) is 0 Å². The van der Waals surface area contributed by atoms with Gasteiger partial charge in [0.15, 0.2) is 5.82 Å². The lowest BCUT2D eigenvalue weighted by Crippen LogP contribution is -2.09. The van der Waals surface area contributed by atoms with Crippen molar-refractivity contribution in [2.45, 2.75) is 20.5 Å². The fourth-order valence-corrected chi connectivity index (χ4v) is 2.44. The van der Waals surface area contributed by atoms with Gasteiger partial charge in [-0.1, -0.05) is 0 Å². The zero-order valence-corrected chi connectivity index (χ0v) is 13.9. The fraction of sp³-hybridized carbons (Fsp3) is 0.357. The highest BCUT2D eigenvalue weighted by Crippen LogP contribution is 2.25. The number of aromatic nitrogens is 3. The first kappa shape index (κ1) is 15.1. The number of ether oxygens (including phenoxy) is 1. The summed E-state index contributed by atoms with van der Waals surface area (Å²) in [5, 5.41) is 3.27. The van der Waals surface area contributed by atoms with Crippen LogP contribution in [0.25, 0.3) is 11.4 Å². The Morgan fingerprint density at radius 3 is 2.80 bits per heavy atom. The van der Waals surface area contributed by atoms with Gasteiger partial charge in [0.2, 0.25) is 0 Å². The molecule has 2 rings (SSSR count). The molecule has 0 aliphatic heterocycles. The smallest absolute Gasteiger partial charge is 0.162 e. The van der Waals surface area contributed by atoms with Crippen LogP contribution in [0.2, 0.25) is 0 Å². The number of hydrogen-bond donors (Lipinski definition) is 1. The third-order valence-corrected chi connectivity index (χ3v) is 3.94. The quantitative estimate of drug-likeness (QED) is 0.804. The summed E-state index contributed by atoms with van der Waals surface area (Å²) in [6.45, 7) is 5.34. The van der Waals surface area contributed by atoms with Crippen LogP contribution in [0.4, 0.5) is 5.82 Å². The van der Waals surface area contributed by atoms with Gasteiger partial charge in [0.05, 0.1) is 15.9 Å². The molecule has 106 valence electrons. The van der Waals surface area contributed by atoms with E-state index in [0.29, 0.717) is 12.4 Å². The van der Waals surface area contributed by atoms with Gasteiger partial charge < -0.3 is 10.1 Å². The van der Waals surface area contributed by atoms with Gasteiger partial charge >= 0.3 is 0 Å². The van der Waals surface area contributed by atoms with Gasteiger partial charge in [0.1, 0.15) is 5.82 Å². The highest BCUT2D eigenvalue weighted by atomic mass is 127. The summed E-state index contributed by atoms with van der Waals surface area (Å²) in [5.41, 5.74) is 2.94. The predicted molar refractivity (Wildman–Crippen MR) is 87.6 cm³/mol. The van der Waals surface area contributed by atoms with Crippen molar-refractivity contribution in [2.75, 3.05) is 19.0 Å². The molecule has 0 amide bonds. The molecular weight excluding hydrogens is 367 g/mol. The van der Waals surface area contributed by atoms with Gasteiger partial charge in [0.25, 0.3) is 0 Å². The predicted octanol–water partition coefficient (Wildman–Crippen LogP) is 3.03. The lowest BCUT2D eigenvalue weighted by molar-refractivity contribution is 0.181. The second kappa shape index (κ2) is 6.94. The summed E-state index contributed by atoms with van der Waals surface area (Å²) in [6.07, 6.45) is 3.58. The van der Waals surface area contributed by atoms with Gasteiger partial charge in [-0.05, 0) is 48.1 Å². The first-order chi connectivity index (χ1) is 9.67. The lowest BCUT2D eigenvalue weighted by atomic mass is 10.1. The van der Waals surface area contributed by atoms with Crippen molar-refractivity contribution in [3.05, 3.63) is 33.3 Å². The summed E-state index contributed by atoms with van der Waals surface area (Å²) in [4.78, 5) is 13.4. The Morgan fingerprint density at radius 2 is 2.15 bits per heavy atom. The van der Waals surface area contributed by atoms with Crippen LogP contribution in [-0.2, 0) is 11.3 Å². The van der Waals surface area contributed by atoms with E-state index in [2.05, 4.69) is 42.9 Å². The minimum absolute atomic E-state index is 0.469. The van der Waals surface area contributed by atoms with Crippen LogP contribution in [0, 0.1) is 10.5 Å². The Labute approximate surface area is 132 Å². The number of rotatable bonds is 5.